The fourth-order valence-corrected chi connectivity index (χ4v) is 0.625. The molecule has 2 rings (SSSR count). The lowest BCUT2D eigenvalue weighted by atomic mass is 10.4. The number of furan rings is 1. The molecule has 2 aromatic rings. The molecule has 0 aliphatic heterocycles. The number of hydrogen-bond acceptors (Lipinski definition) is 4. The van der Waals surface area contributed by atoms with Crippen molar-refractivity contribution in [1.29, 1.82) is 0 Å². The summed E-state index contributed by atoms with van der Waals surface area (Å²) in [6, 6.07) is 4.45. The van der Waals surface area contributed by atoms with Crippen molar-refractivity contribution in [3.05, 3.63) is 18.4 Å². The van der Waals surface area contributed by atoms with E-state index in [0.717, 1.165) is 0 Å². The summed E-state index contributed by atoms with van der Waals surface area (Å²) in [7, 11) is 0. The molecule has 0 aliphatic rings. The Morgan fingerprint density at radius 1 is 1.60 bits per heavy atom. The Morgan fingerprint density at radius 3 is 3.20 bits per heavy atom. The largest absolute Gasteiger partial charge is 0.460 e. The minimum absolute atomic E-state index is 0.491. The summed E-state index contributed by atoms with van der Waals surface area (Å²) in [6.45, 7) is 0. The number of nitrogens with zero attached hydrogens (tertiary/aromatic N) is 3. The lowest BCUT2D eigenvalue weighted by Crippen LogP contribution is -1.75. The Morgan fingerprint density at radius 2 is 2.60 bits per heavy atom. The maximum atomic E-state index is 4.95. The van der Waals surface area contributed by atoms with E-state index in [2.05, 4.69) is 26.7 Å². The molecule has 0 amide bonds. The normalized spacial score (nSPS) is 10.0. The van der Waals surface area contributed by atoms with E-state index in [9.17, 15) is 0 Å². The van der Waals surface area contributed by atoms with Crippen LogP contribution in [0.1, 0.15) is 0 Å². The van der Waals surface area contributed by atoms with E-state index in [1.807, 2.05) is 0 Å². The van der Waals surface area contributed by atoms with Crippen molar-refractivity contribution in [2.24, 2.45) is 0 Å². The van der Waals surface area contributed by atoms with E-state index < -0.39 is 0 Å². The first kappa shape index (κ1) is 5.16. The summed E-state index contributed by atoms with van der Waals surface area (Å²) in [5.74, 6) is 1.01. The van der Waals surface area contributed by atoms with E-state index in [4.69, 9.17) is 4.42 Å². The van der Waals surface area contributed by atoms with Crippen LogP contribution in [0, 0.1) is 6.07 Å². The van der Waals surface area contributed by atoms with E-state index in [0.29, 0.717) is 11.6 Å². The number of rotatable bonds is 1. The molecule has 2 heterocycles. The van der Waals surface area contributed by atoms with Gasteiger partial charge in [-0.05, 0) is 16.5 Å². The lowest BCUT2D eigenvalue weighted by molar-refractivity contribution is 0.577. The summed E-state index contributed by atoms with van der Waals surface area (Å²) in [5.41, 5.74) is 0. The quantitative estimate of drug-likeness (QED) is 0.609. The van der Waals surface area contributed by atoms with Crippen LogP contribution in [0.4, 0.5) is 0 Å². The Hall–Kier alpha value is -1.65. The van der Waals surface area contributed by atoms with Crippen molar-refractivity contribution in [2.75, 3.05) is 0 Å². The highest BCUT2D eigenvalue weighted by Gasteiger charge is 2.02. The number of nitrogens with one attached hydrogen (secondary N) is 1. The van der Waals surface area contributed by atoms with Crippen LogP contribution in [0.2, 0.25) is 0 Å². The van der Waals surface area contributed by atoms with E-state index >= 15 is 0 Å². The van der Waals surface area contributed by atoms with Crippen molar-refractivity contribution < 1.29 is 4.42 Å². The van der Waals surface area contributed by atoms with Crippen molar-refractivity contribution >= 4 is 0 Å². The monoisotopic (exact) mass is 135 g/mol. The Balaban J connectivity index is 2.48. The minimum atomic E-state index is 0.491. The molecule has 1 radical (unpaired) electrons. The van der Waals surface area contributed by atoms with Crippen LogP contribution in [0.3, 0.4) is 0 Å². The zero-order valence-corrected chi connectivity index (χ0v) is 4.90. The van der Waals surface area contributed by atoms with Gasteiger partial charge in [-0.25, -0.2) is 5.10 Å². The molecule has 0 bridgehead atoms. The Bertz CT molecular complexity index is 253. The summed E-state index contributed by atoms with van der Waals surface area (Å²) in [6.07, 6.45) is 1.51. The van der Waals surface area contributed by atoms with Gasteiger partial charge in [0.05, 0.1) is 6.26 Å². The fraction of sp³-hybridized carbons (Fsp3) is 0. The van der Waals surface area contributed by atoms with Gasteiger partial charge in [0.1, 0.15) is 0 Å². The molecule has 0 saturated heterocycles. The summed E-state index contributed by atoms with van der Waals surface area (Å²) >= 11 is 0. The molecule has 0 atom stereocenters. The SMILES string of the molecule is [c]1ccoc1-c1nnn[nH]1. The van der Waals surface area contributed by atoms with E-state index in [1.54, 1.807) is 6.07 Å². The molecule has 10 heavy (non-hydrogen) atoms. The van der Waals surface area contributed by atoms with Gasteiger partial charge in [-0.2, -0.15) is 0 Å². The molecular formula is C5H3N4O. The van der Waals surface area contributed by atoms with E-state index in [1.165, 1.54) is 6.26 Å². The lowest BCUT2D eigenvalue weighted by Gasteiger charge is -1.81. The standard InChI is InChI=1S/C5H3N4O/c1-2-4(10-3-1)5-6-8-9-7-5/h1,3H,(H,6,7,8,9). The summed E-state index contributed by atoms with van der Waals surface area (Å²) in [5, 5.41) is 12.9. The average Bonchev–Trinajstić information content (AvgIpc) is 2.59. The van der Waals surface area contributed by atoms with Crippen molar-refractivity contribution in [1.82, 2.24) is 20.6 Å². The molecule has 49 valence electrons. The van der Waals surface area contributed by atoms with Gasteiger partial charge in [0.15, 0.2) is 5.76 Å². The Labute approximate surface area is 56.1 Å². The number of tetrazole rings is 1. The van der Waals surface area contributed by atoms with E-state index in [-0.39, 0.29) is 0 Å². The fourth-order valence-electron chi connectivity index (χ4n) is 0.625. The van der Waals surface area contributed by atoms with Crippen LogP contribution in [-0.4, -0.2) is 20.6 Å². The molecular weight excluding hydrogens is 132 g/mol. The first-order valence-corrected chi connectivity index (χ1v) is 2.66. The molecule has 0 aliphatic carbocycles. The van der Waals surface area contributed by atoms with Crippen molar-refractivity contribution in [3.63, 3.8) is 0 Å². The zero-order valence-electron chi connectivity index (χ0n) is 4.90. The first-order chi connectivity index (χ1) is 4.97. The second kappa shape index (κ2) is 1.94. The topological polar surface area (TPSA) is 67.6 Å². The maximum absolute atomic E-state index is 4.95. The molecule has 5 nitrogen and oxygen atoms in total. The predicted molar refractivity (Wildman–Crippen MR) is 30.7 cm³/mol. The smallest absolute Gasteiger partial charge is 0.215 e. The van der Waals surface area contributed by atoms with Gasteiger partial charge < -0.3 is 4.42 Å². The van der Waals surface area contributed by atoms with Gasteiger partial charge in [-0.3, -0.25) is 0 Å². The molecule has 1 N–H and O–H groups in total. The summed E-state index contributed by atoms with van der Waals surface area (Å²) < 4.78 is 4.95. The van der Waals surface area contributed by atoms with Crippen LogP contribution in [0.25, 0.3) is 11.6 Å². The third-order valence-corrected chi connectivity index (χ3v) is 1.03. The maximum Gasteiger partial charge on any atom is 0.215 e. The molecule has 2 aromatic heterocycles. The molecule has 0 saturated carbocycles. The molecule has 5 heteroatoms. The van der Waals surface area contributed by atoms with Crippen molar-refractivity contribution in [3.8, 4) is 11.6 Å². The zero-order chi connectivity index (χ0) is 6.81. The first-order valence-electron chi connectivity index (χ1n) is 2.66. The van der Waals surface area contributed by atoms with Crippen LogP contribution in [0.15, 0.2) is 16.7 Å². The van der Waals surface area contributed by atoms with Crippen LogP contribution in [0.5, 0.6) is 0 Å². The Kier molecular flexibility index (Phi) is 1.00. The highest BCUT2D eigenvalue weighted by atomic mass is 16.3. The van der Waals surface area contributed by atoms with Gasteiger partial charge >= 0.3 is 0 Å². The van der Waals surface area contributed by atoms with Gasteiger partial charge in [0.25, 0.3) is 0 Å². The van der Waals surface area contributed by atoms with Crippen LogP contribution < -0.4 is 0 Å². The van der Waals surface area contributed by atoms with Crippen LogP contribution >= 0.6 is 0 Å². The van der Waals surface area contributed by atoms with Gasteiger partial charge in [0.2, 0.25) is 5.82 Å². The van der Waals surface area contributed by atoms with Crippen LogP contribution in [-0.2, 0) is 0 Å². The number of H-pyrrole nitrogens is 1. The average molecular weight is 135 g/mol. The molecule has 0 fully saturated rings. The van der Waals surface area contributed by atoms with Gasteiger partial charge in [-0.15, -0.1) is 5.10 Å². The van der Waals surface area contributed by atoms with Gasteiger partial charge in [-0.1, -0.05) is 0 Å². The third-order valence-electron chi connectivity index (χ3n) is 1.03. The number of aromatic nitrogens is 4. The highest BCUT2D eigenvalue weighted by molar-refractivity contribution is 5.42. The predicted octanol–water partition coefficient (Wildman–Crippen LogP) is 0.260. The van der Waals surface area contributed by atoms with Crippen molar-refractivity contribution in [2.45, 2.75) is 0 Å². The number of aromatic amines is 1. The highest BCUT2D eigenvalue weighted by Crippen LogP contribution is 2.10. The second-order valence-corrected chi connectivity index (χ2v) is 1.64. The second-order valence-electron chi connectivity index (χ2n) is 1.64. The molecule has 0 unspecified atom stereocenters. The summed E-state index contributed by atoms with van der Waals surface area (Å²) in [4.78, 5) is 0. The minimum Gasteiger partial charge on any atom is -0.460 e. The third kappa shape index (κ3) is 0.680. The van der Waals surface area contributed by atoms with Gasteiger partial charge in [0, 0.05) is 6.07 Å². The molecule has 0 aromatic carbocycles. The molecule has 0 spiro atoms. The number of hydrogen-bond donors (Lipinski definition) is 1.